The second kappa shape index (κ2) is 8.31. The normalized spacial score (nSPS) is 12.5. The van der Waals surface area contributed by atoms with Gasteiger partial charge >= 0.3 is 6.18 Å². The summed E-state index contributed by atoms with van der Waals surface area (Å²) in [5.41, 5.74) is -0.690. The number of aliphatic imine (C=N–C) groups is 1. The summed E-state index contributed by atoms with van der Waals surface area (Å²) in [6.45, 7) is 3.59. The summed E-state index contributed by atoms with van der Waals surface area (Å²) >= 11 is 5.62. The van der Waals surface area contributed by atoms with E-state index in [1.807, 2.05) is 0 Å². The van der Waals surface area contributed by atoms with E-state index < -0.39 is 23.5 Å². The summed E-state index contributed by atoms with van der Waals surface area (Å²) < 4.78 is 52.3. The van der Waals surface area contributed by atoms with Gasteiger partial charge in [-0.05, 0) is 50.2 Å². The van der Waals surface area contributed by atoms with Crippen LogP contribution in [0.5, 0.6) is 0 Å². The summed E-state index contributed by atoms with van der Waals surface area (Å²) in [4.78, 5) is 16.3. The zero-order valence-corrected chi connectivity index (χ0v) is 16.5. The van der Waals surface area contributed by atoms with Gasteiger partial charge < -0.3 is 10.6 Å². The second-order valence-electron chi connectivity index (χ2n) is 6.65. The van der Waals surface area contributed by atoms with Crippen LogP contribution in [0.2, 0.25) is 5.02 Å². The third-order valence-electron chi connectivity index (χ3n) is 3.93. The Morgan fingerprint density at radius 3 is 2.57 bits per heavy atom. The highest BCUT2D eigenvalue weighted by atomic mass is 35.5. The van der Waals surface area contributed by atoms with Crippen LogP contribution in [0.25, 0.3) is 10.9 Å². The number of carbonyl (C=O) groups excluding carboxylic acids is 1. The summed E-state index contributed by atoms with van der Waals surface area (Å²) in [5, 5.41) is 12.4. The molecule has 3 aromatic rings. The smallest absolute Gasteiger partial charge is 0.354 e. The van der Waals surface area contributed by atoms with E-state index in [0.717, 1.165) is 18.2 Å². The van der Waals surface area contributed by atoms with Gasteiger partial charge in [0.05, 0.1) is 16.1 Å². The first-order valence-corrected chi connectivity index (χ1v) is 9.09. The zero-order chi connectivity index (χ0) is 22.1. The van der Waals surface area contributed by atoms with E-state index in [1.165, 1.54) is 18.2 Å². The van der Waals surface area contributed by atoms with Crippen molar-refractivity contribution in [1.29, 1.82) is 0 Å². The molecular weight excluding hydrogens is 426 g/mol. The summed E-state index contributed by atoms with van der Waals surface area (Å²) in [6.07, 6.45) is -4.49. The molecular formula is C19H16ClF4N5O. The van der Waals surface area contributed by atoms with Crippen LogP contribution in [-0.4, -0.2) is 28.1 Å². The fraction of sp³-hybridized carbons (Fsp3) is 0.211. The van der Waals surface area contributed by atoms with Gasteiger partial charge in [-0.2, -0.15) is 23.3 Å². The number of alkyl halides is 3. The van der Waals surface area contributed by atoms with E-state index in [1.54, 1.807) is 13.8 Å². The first kappa shape index (κ1) is 21.6. The van der Waals surface area contributed by atoms with Gasteiger partial charge in [-0.1, -0.05) is 11.6 Å². The minimum absolute atomic E-state index is 0.00124. The van der Waals surface area contributed by atoms with E-state index in [4.69, 9.17) is 11.6 Å². The number of anilines is 1. The lowest BCUT2D eigenvalue weighted by atomic mass is 10.1. The van der Waals surface area contributed by atoms with Gasteiger partial charge in [-0.25, -0.2) is 4.39 Å². The molecule has 0 fully saturated rings. The fourth-order valence-corrected chi connectivity index (χ4v) is 2.69. The molecule has 0 unspecified atom stereocenters. The van der Waals surface area contributed by atoms with E-state index in [9.17, 15) is 22.4 Å². The van der Waals surface area contributed by atoms with E-state index in [2.05, 4.69) is 25.8 Å². The maximum absolute atomic E-state index is 13.6. The third kappa shape index (κ3) is 4.88. The molecule has 1 heterocycles. The van der Waals surface area contributed by atoms with Crippen LogP contribution >= 0.6 is 11.6 Å². The van der Waals surface area contributed by atoms with Crippen LogP contribution in [0.4, 0.5) is 23.4 Å². The Kier molecular flexibility index (Phi) is 5.97. The highest BCUT2D eigenvalue weighted by Crippen LogP contribution is 2.32. The quantitative estimate of drug-likeness (QED) is 0.304. The Morgan fingerprint density at radius 2 is 1.93 bits per heavy atom. The Balaban J connectivity index is 1.92. The van der Waals surface area contributed by atoms with Crippen molar-refractivity contribution >= 4 is 40.2 Å². The van der Waals surface area contributed by atoms with Crippen molar-refractivity contribution in [3.05, 3.63) is 58.4 Å². The van der Waals surface area contributed by atoms with Crippen molar-refractivity contribution < 1.29 is 22.4 Å². The van der Waals surface area contributed by atoms with Gasteiger partial charge in [-0.15, -0.1) is 0 Å². The molecule has 0 aliphatic carbocycles. The fourth-order valence-electron chi connectivity index (χ4n) is 2.57. The van der Waals surface area contributed by atoms with Crippen molar-refractivity contribution in [2.45, 2.75) is 26.1 Å². The van der Waals surface area contributed by atoms with E-state index >= 15 is 0 Å². The molecule has 3 rings (SSSR count). The molecule has 0 aliphatic heterocycles. The lowest BCUT2D eigenvalue weighted by Gasteiger charge is -2.13. The number of amides is 1. The van der Waals surface area contributed by atoms with E-state index in [0.29, 0.717) is 5.39 Å². The van der Waals surface area contributed by atoms with Crippen molar-refractivity contribution in [2.75, 3.05) is 5.32 Å². The first-order chi connectivity index (χ1) is 14.0. The highest BCUT2D eigenvalue weighted by molar-refractivity contribution is 6.30. The lowest BCUT2D eigenvalue weighted by molar-refractivity contribution is -0.137. The number of rotatable bonds is 3. The largest absolute Gasteiger partial charge is 0.416 e. The predicted molar refractivity (Wildman–Crippen MR) is 106 cm³/mol. The zero-order valence-electron chi connectivity index (χ0n) is 15.7. The Hall–Kier alpha value is -3.14. The summed E-state index contributed by atoms with van der Waals surface area (Å²) in [6, 6.07) is 6.50. The molecule has 0 aliphatic rings. The predicted octanol–water partition coefficient (Wildman–Crippen LogP) is 4.98. The maximum atomic E-state index is 13.6. The van der Waals surface area contributed by atoms with Crippen molar-refractivity contribution in [1.82, 2.24) is 15.5 Å². The molecule has 0 saturated carbocycles. The SMILES string of the molecule is CC(C)N/C(=N/C(=O)c1ccc(Cl)c(F)c1)Nc1n[nH]c2cc(C(F)(F)F)ccc12. The van der Waals surface area contributed by atoms with Gasteiger partial charge in [0.2, 0.25) is 5.96 Å². The highest BCUT2D eigenvalue weighted by Gasteiger charge is 2.31. The molecule has 158 valence electrons. The average molecular weight is 442 g/mol. The van der Waals surface area contributed by atoms with Crippen molar-refractivity contribution in [3.8, 4) is 0 Å². The number of nitrogens with zero attached hydrogens (tertiary/aromatic N) is 2. The van der Waals surface area contributed by atoms with Crippen LogP contribution < -0.4 is 10.6 Å². The molecule has 6 nitrogen and oxygen atoms in total. The second-order valence-corrected chi connectivity index (χ2v) is 7.06. The Bertz CT molecular complexity index is 1120. The number of nitrogens with one attached hydrogen (secondary N) is 3. The molecule has 1 aromatic heterocycles. The van der Waals surface area contributed by atoms with Gasteiger partial charge in [-0.3, -0.25) is 9.89 Å². The van der Waals surface area contributed by atoms with Gasteiger partial charge in [0.1, 0.15) is 5.82 Å². The summed E-state index contributed by atoms with van der Waals surface area (Å²) in [7, 11) is 0. The number of aromatic nitrogens is 2. The standard InChI is InChI=1S/C19H16ClF4N5O/c1-9(2)25-18(27-17(30)10-3-6-13(20)14(21)7-10)26-16-12-5-4-11(19(22,23)24)8-15(12)28-29-16/h3-9H,1-2H3,(H3,25,26,27,28,29,30). The molecule has 30 heavy (non-hydrogen) atoms. The van der Waals surface area contributed by atoms with Crippen LogP contribution in [0.1, 0.15) is 29.8 Å². The van der Waals surface area contributed by atoms with Crippen LogP contribution in [0.3, 0.4) is 0 Å². The summed E-state index contributed by atoms with van der Waals surface area (Å²) in [5.74, 6) is -1.34. The van der Waals surface area contributed by atoms with E-state index in [-0.39, 0.29) is 33.9 Å². The monoisotopic (exact) mass is 441 g/mol. The molecule has 0 spiro atoms. The number of H-pyrrole nitrogens is 1. The van der Waals surface area contributed by atoms with Gasteiger partial charge in [0.25, 0.3) is 5.91 Å². The average Bonchev–Trinajstić information content (AvgIpc) is 3.04. The number of guanidine groups is 1. The minimum atomic E-state index is -4.49. The lowest BCUT2D eigenvalue weighted by Crippen LogP contribution is -2.36. The molecule has 11 heteroatoms. The number of benzene rings is 2. The number of fused-ring (bicyclic) bond motifs is 1. The number of hydrogen-bond acceptors (Lipinski definition) is 2. The number of aromatic amines is 1. The van der Waals surface area contributed by atoms with Crippen molar-refractivity contribution in [2.24, 2.45) is 4.99 Å². The maximum Gasteiger partial charge on any atom is 0.416 e. The Morgan fingerprint density at radius 1 is 1.20 bits per heavy atom. The molecule has 2 aromatic carbocycles. The van der Waals surface area contributed by atoms with Gasteiger partial charge in [0, 0.05) is 17.0 Å². The first-order valence-electron chi connectivity index (χ1n) is 8.71. The molecule has 3 N–H and O–H groups in total. The van der Waals surface area contributed by atoms with Gasteiger partial charge in [0.15, 0.2) is 5.82 Å². The molecule has 1 amide bonds. The third-order valence-corrected chi connectivity index (χ3v) is 4.24. The molecule has 0 radical (unpaired) electrons. The number of hydrogen-bond donors (Lipinski definition) is 3. The minimum Gasteiger partial charge on any atom is -0.354 e. The Labute approximate surface area is 173 Å². The van der Waals surface area contributed by atoms with Crippen LogP contribution in [-0.2, 0) is 6.18 Å². The van der Waals surface area contributed by atoms with Crippen LogP contribution in [0.15, 0.2) is 41.4 Å². The topological polar surface area (TPSA) is 82.2 Å². The van der Waals surface area contributed by atoms with Crippen molar-refractivity contribution in [3.63, 3.8) is 0 Å². The van der Waals surface area contributed by atoms with Crippen LogP contribution in [0, 0.1) is 5.82 Å². The number of carbonyl (C=O) groups is 1. The molecule has 0 saturated heterocycles. The molecule has 0 bridgehead atoms. The molecule has 0 atom stereocenters. The number of halogens is 5.